The topological polar surface area (TPSA) is 42.4 Å². The summed E-state index contributed by atoms with van der Waals surface area (Å²) in [6, 6.07) is 5.69. The van der Waals surface area contributed by atoms with Crippen LogP contribution >= 0.6 is 0 Å². The van der Waals surface area contributed by atoms with E-state index in [9.17, 15) is 4.79 Å². The van der Waals surface area contributed by atoms with Crippen molar-refractivity contribution in [1.29, 1.82) is 0 Å². The lowest BCUT2D eigenvalue weighted by Gasteiger charge is -2.30. The quantitative estimate of drug-likeness (QED) is 0.790. The van der Waals surface area contributed by atoms with Gasteiger partial charge in [-0.15, -0.1) is 0 Å². The second kappa shape index (κ2) is 8.50. The fourth-order valence-corrected chi connectivity index (χ4v) is 4.06. The fraction of sp³-hybridized carbons (Fsp3) is 0.700. The molecule has 1 unspecified atom stereocenters. The SMILES string of the molecule is CCCCC1CCC(C(=O)N2CCC(Oc3ccccn3)C2)CC1. The van der Waals surface area contributed by atoms with Gasteiger partial charge in [0.15, 0.2) is 0 Å². The largest absolute Gasteiger partial charge is 0.472 e. The normalized spacial score (nSPS) is 27.2. The van der Waals surface area contributed by atoms with Crippen LogP contribution in [0.25, 0.3) is 0 Å². The molecule has 0 N–H and O–H groups in total. The molecule has 0 spiro atoms. The highest BCUT2D eigenvalue weighted by Gasteiger charge is 2.33. The predicted octanol–water partition coefficient (Wildman–Crippen LogP) is 4.06. The monoisotopic (exact) mass is 330 g/mol. The average Bonchev–Trinajstić information content (AvgIpc) is 3.09. The van der Waals surface area contributed by atoms with Crippen LogP contribution in [0.1, 0.15) is 58.3 Å². The van der Waals surface area contributed by atoms with Gasteiger partial charge in [-0.25, -0.2) is 4.98 Å². The molecule has 1 aromatic heterocycles. The van der Waals surface area contributed by atoms with E-state index in [1.807, 2.05) is 23.1 Å². The molecule has 2 fully saturated rings. The molecule has 1 saturated heterocycles. The van der Waals surface area contributed by atoms with Crippen LogP contribution in [-0.4, -0.2) is 35.0 Å². The number of pyridine rings is 1. The number of nitrogens with zero attached hydrogens (tertiary/aromatic N) is 2. The lowest BCUT2D eigenvalue weighted by molar-refractivity contribution is -0.136. The summed E-state index contributed by atoms with van der Waals surface area (Å²) >= 11 is 0. The molecule has 1 aliphatic carbocycles. The van der Waals surface area contributed by atoms with Crippen LogP contribution in [0.5, 0.6) is 5.88 Å². The number of rotatable bonds is 6. The summed E-state index contributed by atoms with van der Waals surface area (Å²) < 4.78 is 5.90. The Bertz CT molecular complexity index is 512. The zero-order valence-corrected chi connectivity index (χ0v) is 14.8. The minimum absolute atomic E-state index is 0.0877. The first kappa shape index (κ1) is 17.2. The molecule has 132 valence electrons. The van der Waals surface area contributed by atoms with Gasteiger partial charge in [-0.2, -0.15) is 0 Å². The Morgan fingerprint density at radius 3 is 2.79 bits per heavy atom. The Balaban J connectivity index is 1.43. The zero-order chi connectivity index (χ0) is 16.8. The van der Waals surface area contributed by atoms with Crippen molar-refractivity contribution in [2.75, 3.05) is 13.1 Å². The third-order valence-corrected chi connectivity index (χ3v) is 5.54. The number of hydrogen-bond acceptors (Lipinski definition) is 3. The van der Waals surface area contributed by atoms with Crippen LogP contribution in [0.15, 0.2) is 24.4 Å². The van der Waals surface area contributed by atoms with Crippen molar-refractivity contribution >= 4 is 5.91 Å². The number of amides is 1. The van der Waals surface area contributed by atoms with Gasteiger partial charge in [0.1, 0.15) is 6.10 Å². The van der Waals surface area contributed by atoms with Gasteiger partial charge >= 0.3 is 0 Å². The first-order valence-corrected chi connectivity index (χ1v) is 9.62. The molecule has 2 heterocycles. The van der Waals surface area contributed by atoms with E-state index in [1.54, 1.807) is 6.20 Å². The highest BCUT2D eigenvalue weighted by Crippen LogP contribution is 2.33. The van der Waals surface area contributed by atoms with E-state index in [4.69, 9.17) is 4.74 Å². The van der Waals surface area contributed by atoms with Crippen molar-refractivity contribution in [1.82, 2.24) is 9.88 Å². The molecule has 1 aromatic rings. The Kier molecular flexibility index (Phi) is 6.11. The Labute approximate surface area is 145 Å². The molecule has 1 atom stereocenters. The van der Waals surface area contributed by atoms with Gasteiger partial charge in [-0.1, -0.05) is 32.3 Å². The molecule has 2 aliphatic rings. The Morgan fingerprint density at radius 2 is 2.08 bits per heavy atom. The highest BCUT2D eigenvalue weighted by molar-refractivity contribution is 5.79. The number of likely N-dealkylation sites (tertiary alicyclic amines) is 1. The number of carbonyl (C=O) groups is 1. The van der Waals surface area contributed by atoms with E-state index in [0.29, 0.717) is 18.3 Å². The van der Waals surface area contributed by atoms with E-state index in [1.165, 1.54) is 32.1 Å². The molecular formula is C20H30N2O2. The van der Waals surface area contributed by atoms with E-state index in [2.05, 4.69) is 11.9 Å². The van der Waals surface area contributed by atoms with Gasteiger partial charge in [0.25, 0.3) is 0 Å². The smallest absolute Gasteiger partial charge is 0.225 e. The third-order valence-electron chi connectivity index (χ3n) is 5.54. The van der Waals surface area contributed by atoms with E-state index < -0.39 is 0 Å². The summed E-state index contributed by atoms with van der Waals surface area (Å²) in [4.78, 5) is 19.0. The maximum atomic E-state index is 12.8. The molecule has 24 heavy (non-hydrogen) atoms. The molecule has 4 nitrogen and oxygen atoms in total. The summed E-state index contributed by atoms with van der Waals surface area (Å²) in [5, 5.41) is 0. The standard InChI is InChI=1S/C20H30N2O2/c1-2-3-6-16-8-10-17(11-9-16)20(23)22-14-12-18(15-22)24-19-7-4-5-13-21-19/h4-5,7,13,16-18H,2-3,6,8-12,14-15H2,1H3. The number of ether oxygens (including phenoxy) is 1. The van der Waals surface area contributed by atoms with E-state index in [0.717, 1.165) is 31.7 Å². The van der Waals surface area contributed by atoms with Crippen LogP contribution in [-0.2, 0) is 4.79 Å². The van der Waals surface area contributed by atoms with Crippen molar-refractivity contribution in [3.8, 4) is 5.88 Å². The summed E-state index contributed by atoms with van der Waals surface area (Å²) in [5.41, 5.74) is 0. The van der Waals surface area contributed by atoms with Gasteiger partial charge < -0.3 is 9.64 Å². The molecule has 0 aromatic carbocycles. The zero-order valence-electron chi connectivity index (χ0n) is 14.8. The van der Waals surface area contributed by atoms with E-state index in [-0.39, 0.29) is 12.0 Å². The molecule has 0 radical (unpaired) electrons. The summed E-state index contributed by atoms with van der Waals surface area (Å²) in [6.07, 6.45) is 11.3. The van der Waals surface area contributed by atoms with Crippen LogP contribution in [0.2, 0.25) is 0 Å². The molecule has 0 bridgehead atoms. The van der Waals surface area contributed by atoms with Gasteiger partial charge in [-0.05, 0) is 37.7 Å². The van der Waals surface area contributed by atoms with Crippen LogP contribution in [0.4, 0.5) is 0 Å². The Hall–Kier alpha value is -1.58. The Morgan fingerprint density at radius 1 is 1.25 bits per heavy atom. The summed E-state index contributed by atoms with van der Waals surface area (Å²) in [5.74, 6) is 2.12. The molecule has 1 aliphatic heterocycles. The van der Waals surface area contributed by atoms with Crippen molar-refractivity contribution in [3.63, 3.8) is 0 Å². The van der Waals surface area contributed by atoms with Crippen molar-refractivity contribution in [2.45, 2.75) is 64.4 Å². The maximum absolute atomic E-state index is 12.8. The van der Waals surface area contributed by atoms with Gasteiger partial charge in [0.05, 0.1) is 6.54 Å². The maximum Gasteiger partial charge on any atom is 0.225 e. The molecule has 1 amide bonds. The predicted molar refractivity (Wildman–Crippen MR) is 94.8 cm³/mol. The van der Waals surface area contributed by atoms with Crippen LogP contribution in [0.3, 0.4) is 0 Å². The van der Waals surface area contributed by atoms with Crippen molar-refractivity contribution in [3.05, 3.63) is 24.4 Å². The third kappa shape index (κ3) is 4.49. The van der Waals surface area contributed by atoms with E-state index >= 15 is 0 Å². The minimum Gasteiger partial charge on any atom is -0.472 e. The summed E-state index contributed by atoms with van der Waals surface area (Å²) in [6.45, 7) is 3.79. The summed E-state index contributed by atoms with van der Waals surface area (Å²) in [7, 11) is 0. The fourth-order valence-electron chi connectivity index (χ4n) is 4.06. The van der Waals surface area contributed by atoms with Gasteiger partial charge in [-0.3, -0.25) is 4.79 Å². The average molecular weight is 330 g/mol. The van der Waals surface area contributed by atoms with Gasteiger partial charge in [0.2, 0.25) is 11.8 Å². The molecule has 4 heteroatoms. The second-order valence-corrected chi connectivity index (χ2v) is 7.34. The number of aromatic nitrogens is 1. The lowest BCUT2D eigenvalue weighted by atomic mass is 9.79. The first-order valence-electron chi connectivity index (χ1n) is 9.62. The molecular weight excluding hydrogens is 300 g/mol. The molecule has 3 rings (SSSR count). The van der Waals surface area contributed by atoms with Crippen LogP contribution < -0.4 is 4.74 Å². The minimum atomic E-state index is 0.0877. The highest BCUT2D eigenvalue weighted by atomic mass is 16.5. The van der Waals surface area contributed by atoms with Crippen LogP contribution in [0, 0.1) is 11.8 Å². The second-order valence-electron chi connectivity index (χ2n) is 7.34. The van der Waals surface area contributed by atoms with Crippen molar-refractivity contribution in [2.24, 2.45) is 11.8 Å². The van der Waals surface area contributed by atoms with Crippen molar-refractivity contribution < 1.29 is 9.53 Å². The number of hydrogen-bond donors (Lipinski definition) is 0. The number of unbranched alkanes of at least 4 members (excludes halogenated alkanes) is 1. The number of carbonyl (C=O) groups excluding carboxylic acids is 1. The molecule has 1 saturated carbocycles. The van der Waals surface area contributed by atoms with Gasteiger partial charge in [0, 0.05) is 31.1 Å². The first-order chi connectivity index (χ1) is 11.8. The lowest BCUT2D eigenvalue weighted by Crippen LogP contribution is -2.37.